The number of rotatable bonds is 6. The Balaban J connectivity index is 2.00. The van der Waals surface area contributed by atoms with E-state index in [0.29, 0.717) is 10.9 Å². The molecular formula is C25H18Cl2F3NO5S. The minimum Gasteiger partial charge on any atom is -0.465 e. The second kappa shape index (κ2) is 9.92. The van der Waals surface area contributed by atoms with E-state index in [2.05, 4.69) is 4.74 Å². The molecule has 0 unspecified atom stereocenters. The van der Waals surface area contributed by atoms with Crippen LogP contribution in [0.4, 0.5) is 13.2 Å². The van der Waals surface area contributed by atoms with Crippen LogP contribution in [0.15, 0.2) is 65.6 Å². The monoisotopic (exact) mass is 571 g/mol. The van der Waals surface area contributed by atoms with E-state index < -0.39 is 28.1 Å². The van der Waals surface area contributed by atoms with Crippen LogP contribution in [-0.2, 0) is 21.2 Å². The average Bonchev–Trinajstić information content (AvgIpc) is 3.20. The highest BCUT2D eigenvalue weighted by molar-refractivity contribution is 7.90. The smallest absolute Gasteiger partial charge is 0.465 e. The molecule has 4 rings (SSSR count). The molecule has 12 heteroatoms. The van der Waals surface area contributed by atoms with E-state index in [0.717, 1.165) is 16.1 Å². The molecule has 0 aliphatic carbocycles. The fourth-order valence-corrected chi connectivity index (χ4v) is 6.12. The molecule has 0 N–H and O–H groups in total. The zero-order valence-electron chi connectivity index (χ0n) is 19.3. The number of esters is 1. The van der Waals surface area contributed by atoms with Crippen molar-refractivity contribution in [2.45, 2.75) is 24.6 Å². The highest BCUT2D eigenvalue weighted by atomic mass is 35.5. The molecule has 0 amide bonds. The molecule has 4 aromatic rings. The molecule has 1 heterocycles. The second-order valence-electron chi connectivity index (χ2n) is 7.99. The third kappa shape index (κ3) is 5.27. The van der Waals surface area contributed by atoms with Crippen molar-refractivity contribution in [2.24, 2.45) is 0 Å². The van der Waals surface area contributed by atoms with E-state index >= 15 is 0 Å². The van der Waals surface area contributed by atoms with Gasteiger partial charge in [-0.05, 0) is 54.4 Å². The van der Waals surface area contributed by atoms with Gasteiger partial charge in [-0.3, -0.25) is 0 Å². The molecule has 0 atom stereocenters. The lowest BCUT2D eigenvalue weighted by molar-refractivity contribution is -0.274. The number of aromatic nitrogens is 1. The van der Waals surface area contributed by atoms with Gasteiger partial charge in [-0.2, -0.15) is 0 Å². The number of nitrogens with zero attached hydrogens (tertiary/aromatic N) is 1. The summed E-state index contributed by atoms with van der Waals surface area (Å²) in [5, 5.41) is 0.496. The van der Waals surface area contributed by atoms with Gasteiger partial charge in [0, 0.05) is 28.6 Å². The zero-order valence-corrected chi connectivity index (χ0v) is 21.6. The second-order valence-corrected chi connectivity index (χ2v) is 10.6. The molecule has 0 bridgehead atoms. The molecule has 0 fully saturated rings. The summed E-state index contributed by atoms with van der Waals surface area (Å²) in [5.74, 6) is -1.29. The first-order valence-corrected chi connectivity index (χ1v) is 12.8. The fraction of sp³-hybridized carbons (Fsp3) is 0.160. The van der Waals surface area contributed by atoms with Crippen LogP contribution in [0.5, 0.6) is 5.75 Å². The number of hydrogen-bond acceptors (Lipinski definition) is 5. The van der Waals surface area contributed by atoms with Gasteiger partial charge in [-0.15, -0.1) is 13.2 Å². The third-order valence-electron chi connectivity index (χ3n) is 5.59. The summed E-state index contributed by atoms with van der Waals surface area (Å²) in [5.41, 5.74) is 0.726. The van der Waals surface area contributed by atoms with Crippen LogP contribution in [0, 0.1) is 6.92 Å². The Morgan fingerprint density at radius 1 is 1.03 bits per heavy atom. The minimum absolute atomic E-state index is 0.0224. The Morgan fingerprint density at radius 2 is 1.70 bits per heavy atom. The van der Waals surface area contributed by atoms with Crippen molar-refractivity contribution in [2.75, 3.05) is 7.11 Å². The highest BCUT2D eigenvalue weighted by Gasteiger charge is 2.32. The van der Waals surface area contributed by atoms with E-state index in [1.165, 1.54) is 56.5 Å². The first-order valence-electron chi connectivity index (χ1n) is 10.6. The number of ether oxygens (including phenoxy) is 2. The van der Waals surface area contributed by atoms with E-state index in [1.54, 1.807) is 6.07 Å². The Kier molecular flexibility index (Phi) is 7.20. The van der Waals surface area contributed by atoms with Gasteiger partial charge in [0.2, 0.25) is 0 Å². The lowest BCUT2D eigenvalue weighted by atomic mass is 10.1. The lowest BCUT2D eigenvalue weighted by Gasteiger charge is -2.15. The van der Waals surface area contributed by atoms with Gasteiger partial charge in [0.05, 0.1) is 28.1 Å². The molecule has 0 aliphatic rings. The standard InChI is InChI=1S/C25H18Cl2F3NO5S/c1-14-10-16(36-25(28,29)30)13-22-19(14)11-15(31(22)37(33,34)17-6-4-3-5-7-17)12-20-21(26)9-8-18(23(20)27)24(32)35-2/h3-11,13H,12H2,1-2H3. The zero-order chi connectivity index (χ0) is 27.1. The molecule has 6 nitrogen and oxygen atoms in total. The predicted octanol–water partition coefficient (Wildman–Crippen LogP) is 6.77. The number of carbonyl (C=O) groups excluding carboxylic acids is 1. The van der Waals surface area contributed by atoms with Crippen LogP contribution in [0.2, 0.25) is 10.0 Å². The number of fused-ring (bicyclic) bond motifs is 1. The Hall–Kier alpha value is -3.21. The van der Waals surface area contributed by atoms with E-state index in [9.17, 15) is 26.4 Å². The molecule has 0 spiro atoms. The topological polar surface area (TPSA) is 74.6 Å². The number of halogens is 5. The normalized spacial score (nSPS) is 12.1. The summed E-state index contributed by atoms with van der Waals surface area (Å²) < 4.78 is 76.2. The van der Waals surface area contributed by atoms with Crippen LogP contribution < -0.4 is 4.74 Å². The Bertz CT molecular complexity index is 1620. The van der Waals surface area contributed by atoms with Crippen molar-refractivity contribution in [1.29, 1.82) is 0 Å². The molecule has 1 aromatic heterocycles. The summed E-state index contributed by atoms with van der Waals surface area (Å²) in [6, 6.07) is 13.9. The van der Waals surface area contributed by atoms with Crippen LogP contribution in [0.25, 0.3) is 10.9 Å². The summed E-state index contributed by atoms with van der Waals surface area (Å²) in [7, 11) is -3.12. The number of aryl methyl sites for hydroxylation is 1. The first kappa shape index (κ1) is 26.8. The van der Waals surface area contributed by atoms with Gasteiger partial charge < -0.3 is 9.47 Å². The van der Waals surface area contributed by atoms with Crippen LogP contribution >= 0.6 is 23.2 Å². The number of carbonyl (C=O) groups is 1. The Labute approximate surface area is 220 Å². The predicted molar refractivity (Wildman–Crippen MR) is 133 cm³/mol. The number of hydrogen-bond donors (Lipinski definition) is 0. The average molecular weight is 572 g/mol. The molecular weight excluding hydrogens is 554 g/mol. The van der Waals surface area contributed by atoms with Crippen molar-refractivity contribution in [3.05, 3.63) is 93.1 Å². The van der Waals surface area contributed by atoms with Gasteiger partial charge in [0.1, 0.15) is 5.75 Å². The SMILES string of the molecule is COC(=O)c1ccc(Cl)c(Cc2cc3c(C)cc(OC(F)(F)F)cc3n2S(=O)(=O)c2ccccc2)c1Cl. The van der Waals surface area contributed by atoms with Crippen molar-refractivity contribution in [3.63, 3.8) is 0 Å². The molecule has 194 valence electrons. The fourth-order valence-electron chi connectivity index (χ4n) is 3.99. The van der Waals surface area contributed by atoms with Gasteiger partial charge in [-0.25, -0.2) is 17.2 Å². The summed E-state index contributed by atoms with van der Waals surface area (Å²) in [4.78, 5) is 12.1. The maximum atomic E-state index is 13.8. The van der Waals surface area contributed by atoms with E-state index in [4.69, 9.17) is 27.9 Å². The van der Waals surface area contributed by atoms with Crippen molar-refractivity contribution in [1.82, 2.24) is 3.97 Å². The van der Waals surface area contributed by atoms with E-state index in [-0.39, 0.29) is 43.7 Å². The van der Waals surface area contributed by atoms with Gasteiger partial charge in [-0.1, -0.05) is 41.4 Å². The summed E-state index contributed by atoms with van der Waals surface area (Å²) in [6.45, 7) is 1.53. The first-order chi connectivity index (χ1) is 17.3. The number of benzene rings is 3. The highest BCUT2D eigenvalue weighted by Crippen LogP contribution is 2.37. The maximum absolute atomic E-state index is 13.8. The molecule has 0 saturated carbocycles. The lowest BCUT2D eigenvalue weighted by Crippen LogP contribution is -2.18. The summed E-state index contributed by atoms with van der Waals surface area (Å²) >= 11 is 12.8. The number of methoxy groups -OCH3 is 1. The largest absolute Gasteiger partial charge is 0.573 e. The van der Waals surface area contributed by atoms with E-state index in [1.807, 2.05) is 0 Å². The molecule has 0 aliphatic heterocycles. The van der Waals surface area contributed by atoms with Crippen molar-refractivity contribution < 1.29 is 35.9 Å². The van der Waals surface area contributed by atoms with Crippen molar-refractivity contribution >= 4 is 50.1 Å². The third-order valence-corrected chi connectivity index (χ3v) is 8.16. The van der Waals surface area contributed by atoms with Gasteiger partial charge in [0.15, 0.2) is 0 Å². The molecule has 3 aromatic carbocycles. The Morgan fingerprint density at radius 3 is 2.32 bits per heavy atom. The van der Waals surface area contributed by atoms with Crippen LogP contribution in [-0.4, -0.2) is 31.8 Å². The minimum atomic E-state index is -4.98. The quantitative estimate of drug-likeness (QED) is 0.239. The van der Waals surface area contributed by atoms with Gasteiger partial charge >= 0.3 is 12.3 Å². The summed E-state index contributed by atoms with van der Waals surface area (Å²) in [6.07, 6.45) is -5.15. The maximum Gasteiger partial charge on any atom is 0.573 e. The van der Waals surface area contributed by atoms with Crippen LogP contribution in [0.1, 0.15) is 27.2 Å². The number of alkyl halides is 3. The van der Waals surface area contributed by atoms with Gasteiger partial charge in [0.25, 0.3) is 10.0 Å². The molecule has 0 radical (unpaired) electrons. The van der Waals surface area contributed by atoms with Crippen molar-refractivity contribution in [3.8, 4) is 5.75 Å². The van der Waals surface area contributed by atoms with Crippen LogP contribution in [0.3, 0.4) is 0 Å². The molecule has 37 heavy (non-hydrogen) atoms. The molecule has 0 saturated heterocycles.